The molecule has 1 aromatic heterocycles. The fourth-order valence-electron chi connectivity index (χ4n) is 2.60. The highest BCUT2D eigenvalue weighted by Gasteiger charge is 2.01. The number of nitrogens with two attached hydrogens (primary N) is 1. The van der Waals surface area contributed by atoms with Gasteiger partial charge in [0, 0.05) is 18.0 Å². The van der Waals surface area contributed by atoms with Gasteiger partial charge in [-0.25, -0.2) is 14.4 Å². The minimum absolute atomic E-state index is 0. The van der Waals surface area contributed by atoms with Gasteiger partial charge in [-0.3, -0.25) is 0 Å². The lowest BCUT2D eigenvalue weighted by Gasteiger charge is -2.08. The van der Waals surface area contributed by atoms with Crippen LogP contribution in [0, 0.1) is 19.7 Å². The zero-order valence-corrected chi connectivity index (χ0v) is 18.0. The molecule has 3 rings (SSSR count). The van der Waals surface area contributed by atoms with E-state index in [9.17, 15) is 4.39 Å². The Morgan fingerprint density at radius 1 is 1.07 bits per heavy atom. The number of halogens is 2. The molecular weight excluding hydrogens is 470 g/mol. The van der Waals surface area contributed by atoms with Gasteiger partial charge >= 0.3 is 0 Å². The first-order valence-corrected chi connectivity index (χ1v) is 8.51. The van der Waals surface area contributed by atoms with Crippen molar-refractivity contribution in [2.75, 3.05) is 5.32 Å². The first-order valence-electron chi connectivity index (χ1n) is 8.51. The number of pyridine rings is 1. The van der Waals surface area contributed by atoms with Crippen LogP contribution < -0.4 is 15.8 Å². The number of aryl methyl sites for hydroxylation is 2. The van der Waals surface area contributed by atoms with Gasteiger partial charge in [-0.1, -0.05) is 12.1 Å². The molecule has 5 nitrogen and oxygen atoms in total. The van der Waals surface area contributed by atoms with Crippen molar-refractivity contribution in [2.24, 2.45) is 10.7 Å². The zero-order chi connectivity index (χ0) is 19.2. The Morgan fingerprint density at radius 2 is 1.75 bits per heavy atom. The lowest BCUT2D eigenvalue weighted by atomic mass is 10.1. The fourth-order valence-corrected chi connectivity index (χ4v) is 2.60. The van der Waals surface area contributed by atoms with Gasteiger partial charge in [0.25, 0.3) is 0 Å². The van der Waals surface area contributed by atoms with Crippen LogP contribution in [0.15, 0.2) is 65.8 Å². The van der Waals surface area contributed by atoms with Gasteiger partial charge in [-0.2, -0.15) is 0 Å². The summed E-state index contributed by atoms with van der Waals surface area (Å²) in [6.45, 7) is 4.47. The molecule has 28 heavy (non-hydrogen) atoms. The molecule has 0 aliphatic rings. The summed E-state index contributed by atoms with van der Waals surface area (Å²) in [7, 11) is 0. The quantitative estimate of drug-likeness (QED) is 0.293. The van der Waals surface area contributed by atoms with Crippen LogP contribution in [-0.4, -0.2) is 10.9 Å². The molecule has 0 spiro atoms. The lowest BCUT2D eigenvalue weighted by Crippen LogP contribution is -2.22. The van der Waals surface area contributed by atoms with E-state index in [1.807, 2.05) is 32.0 Å². The van der Waals surface area contributed by atoms with Gasteiger partial charge < -0.3 is 15.8 Å². The van der Waals surface area contributed by atoms with Crippen LogP contribution in [0.2, 0.25) is 0 Å². The molecule has 2 aromatic carbocycles. The number of ether oxygens (including phenoxy) is 1. The second kappa shape index (κ2) is 10.0. The number of benzene rings is 2. The van der Waals surface area contributed by atoms with Gasteiger partial charge in [-0.15, -0.1) is 24.0 Å². The second-order valence-corrected chi connectivity index (χ2v) is 6.26. The molecule has 0 radical (unpaired) electrons. The second-order valence-electron chi connectivity index (χ2n) is 6.26. The van der Waals surface area contributed by atoms with Crippen molar-refractivity contribution in [3.8, 4) is 11.6 Å². The van der Waals surface area contributed by atoms with Crippen molar-refractivity contribution in [2.45, 2.75) is 20.4 Å². The summed E-state index contributed by atoms with van der Waals surface area (Å²) in [4.78, 5) is 8.57. The van der Waals surface area contributed by atoms with E-state index in [2.05, 4.69) is 21.4 Å². The zero-order valence-electron chi connectivity index (χ0n) is 15.6. The van der Waals surface area contributed by atoms with E-state index in [4.69, 9.17) is 10.5 Å². The highest BCUT2D eigenvalue weighted by atomic mass is 127. The third kappa shape index (κ3) is 6.49. The van der Waals surface area contributed by atoms with E-state index in [0.717, 1.165) is 22.4 Å². The van der Waals surface area contributed by atoms with E-state index < -0.39 is 0 Å². The van der Waals surface area contributed by atoms with Crippen molar-refractivity contribution in [3.63, 3.8) is 0 Å². The largest absolute Gasteiger partial charge is 0.439 e. The summed E-state index contributed by atoms with van der Waals surface area (Å²) in [5.41, 5.74) is 10.1. The number of nitrogens with one attached hydrogen (secondary N) is 1. The Hall–Kier alpha value is -2.68. The Kier molecular flexibility index (Phi) is 7.74. The van der Waals surface area contributed by atoms with Crippen LogP contribution in [0.25, 0.3) is 0 Å². The maximum atomic E-state index is 12.9. The average molecular weight is 492 g/mol. The van der Waals surface area contributed by atoms with Crippen molar-refractivity contribution in [1.29, 1.82) is 0 Å². The highest BCUT2D eigenvalue weighted by molar-refractivity contribution is 14.0. The third-order valence-corrected chi connectivity index (χ3v) is 3.76. The predicted molar refractivity (Wildman–Crippen MR) is 121 cm³/mol. The van der Waals surface area contributed by atoms with Gasteiger partial charge in [0.2, 0.25) is 5.88 Å². The Bertz CT molecular complexity index is 923. The molecule has 0 aliphatic heterocycles. The van der Waals surface area contributed by atoms with E-state index in [1.165, 1.54) is 12.1 Å². The summed E-state index contributed by atoms with van der Waals surface area (Å²) in [5, 5.41) is 3.09. The first kappa shape index (κ1) is 21.6. The average Bonchev–Trinajstić information content (AvgIpc) is 2.62. The molecule has 0 saturated heterocycles. The molecule has 0 aliphatic carbocycles. The number of anilines is 1. The maximum absolute atomic E-state index is 12.9. The van der Waals surface area contributed by atoms with Crippen LogP contribution in [0.3, 0.4) is 0 Å². The van der Waals surface area contributed by atoms with Gasteiger partial charge in [0.15, 0.2) is 5.96 Å². The summed E-state index contributed by atoms with van der Waals surface area (Å²) in [5.74, 6) is 0.981. The van der Waals surface area contributed by atoms with E-state index in [-0.39, 0.29) is 29.8 Å². The molecule has 7 heteroatoms. The van der Waals surface area contributed by atoms with Gasteiger partial charge in [0.1, 0.15) is 11.6 Å². The van der Waals surface area contributed by atoms with Crippen LogP contribution in [-0.2, 0) is 6.54 Å². The molecule has 0 bridgehead atoms. The smallest absolute Gasteiger partial charge is 0.219 e. The lowest BCUT2D eigenvalue weighted by molar-refractivity contribution is 0.461. The minimum Gasteiger partial charge on any atom is -0.439 e. The summed E-state index contributed by atoms with van der Waals surface area (Å²) in [6, 6.07) is 15.5. The standard InChI is InChI=1S/C21H21FN4O.HI/c1-14-9-15(2)11-18(10-14)26-21(23)25-13-16-3-8-20(24-12-16)27-19-6-4-17(22)5-7-19;/h3-12H,13H2,1-2H3,(H3,23,25,26);1H. The van der Waals surface area contributed by atoms with E-state index in [1.54, 1.807) is 24.4 Å². The number of aliphatic imine (C=N–C) groups is 1. The normalized spacial score (nSPS) is 10.9. The van der Waals surface area contributed by atoms with Crippen LogP contribution >= 0.6 is 24.0 Å². The minimum atomic E-state index is -0.310. The van der Waals surface area contributed by atoms with Crippen LogP contribution in [0.4, 0.5) is 10.1 Å². The fraction of sp³-hybridized carbons (Fsp3) is 0.143. The topological polar surface area (TPSA) is 72.5 Å². The summed E-state index contributed by atoms with van der Waals surface area (Å²) >= 11 is 0. The molecule has 146 valence electrons. The number of aromatic nitrogens is 1. The molecule has 0 atom stereocenters. The number of nitrogens with zero attached hydrogens (tertiary/aromatic N) is 2. The summed E-state index contributed by atoms with van der Waals surface area (Å²) in [6.07, 6.45) is 1.67. The van der Waals surface area contributed by atoms with Crippen LogP contribution in [0.1, 0.15) is 16.7 Å². The SMILES string of the molecule is Cc1cc(C)cc(NC(N)=NCc2ccc(Oc3ccc(F)cc3)nc2)c1.I. The number of hydrogen-bond acceptors (Lipinski definition) is 3. The Labute approximate surface area is 180 Å². The van der Waals surface area contributed by atoms with Crippen molar-refractivity contribution in [1.82, 2.24) is 4.98 Å². The summed E-state index contributed by atoms with van der Waals surface area (Å²) < 4.78 is 18.5. The van der Waals surface area contributed by atoms with Crippen molar-refractivity contribution >= 4 is 35.6 Å². The molecule has 0 unspecified atom stereocenters. The molecule has 1 heterocycles. The van der Waals surface area contributed by atoms with E-state index >= 15 is 0 Å². The Morgan fingerprint density at radius 3 is 2.36 bits per heavy atom. The molecule has 0 saturated carbocycles. The molecular formula is C21H22FIN4O. The number of hydrogen-bond donors (Lipinski definition) is 2. The van der Waals surface area contributed by atoms with Gasteiger partial charge in [0.05, 0.1) is 6.54 Å². The molecule has 3 aromatic rings. The maximum Gasteiger partial charge on any atom is 0.219 e. The predicted octanol–water partition coefficient (Wildman–Crippen LogP) is 5.17. The number of guanidine groups is 1. The first-order chi connectivity index (χ1) is 13.0. The highest BCUT2D eigenvalue weighted by Crippen LogP contribution is 2.19. The monoisotopic (exact) mass is 492 g/mol. The third-order valence-electron chi connectivity index (χ3n) is 3.76. The number of rotatable bonds is 5. The van der Waals surface area contributed by atoms with Gasteiger partial charge in [-0.05, 0) is 66.9 Å². The van der Waals surface area contributed by atoms with E-state index in [0.29, 0.717) is 24.1 Å². The molecule has 0 amide bonds. The van der Waals surface area contributed by atoms with Crippen LogP contribution in [0.5, 0.6) is 11.6 Å². The molecule has 0 fully saturated rings. The van der Waals surface area contributed by atoms with Crippen molar-refractivity contribution in [3.05, 3.63) is 83.3 Å². The Balaban J connectivity index is 0.00000280. The molecule has 3 N–H and O–H groups in total. The van der Waals surface area contributed by atoms with Crippen molar-refractivity contribution < 1.29 is 9.13 Å².